The van der Waals surface area contributed by atoms with Crippen LogP contribution < -0.4 is 10.6 Å². The molecule has 10 nitrogen and oxygen atoms in total. The summed E-state index contributed by atoms with van der Waals surface area (Å²) >= 11 is 0. The Morgan fingerprint density at radius 3 is 2.22 bits per heavy atom. The fraction of sp³-hybridized carbons (Fsp3) is 0.457. The van der Waals surface area contributed by atoms with Gasteiger partial charge in [-0.2, -0.15) is 0 Å². The van der Waals surface area contributed by atoms with Crippen molar-refractivity contribution >= 4 is 28.9 Å². The molecule has 2 aromatic carbocycles. The first-order valence-corrected chi connectivity index (χ1v) is 15.7. The topological polar surface area (TPSA) is 165 Å². The Morgan fingerprint density at radius 1 is 0.978 bits per heavy atom. The van der Waals surface area contributed by atoms with Gasteiger partial charge in [-0.25, -0.2) is 0 Å². The number of fused-ring (bicyclic) bond motifs is 3. The fourth-order valence-corrected chi connectivity index (χ4v) is 7.52. The van der Waals surface area contributed by atoms with Crippen LogP contribution >= 0.6 is 0 Å². The van der Waals surface area contributed by atoms with Crippen molar-refractivity contribution in [1.29, 1.82) is 0 Å². The van der Waals surface area contributed by atoms with Gasteiger partial charge in [-0.15, -0.1) is 0 Å². The first-order chi connectivity index (χ1) is 21.4. The predicted molar refractivity (Wildman–Crippen MR) is 172 cm³/mol. The van der Waals surface area contributed by atoms with Gasteiger partial charge in [0.05, 0.1) is 11.6 Å². The molecule has 1 amide bonds. The van der Waals surface area contributed by atoms with Crippen LogP contribution in [0, 0.1) is 11.8 Å². The standard InChI is InChI=1S/C35H43N3O7/c1-5-7-15-38(16-8-6-2)24-12-10-9-11-21(24)20-13-14-25(39)27-22(20)17-19-18-23-29(37(3)4)31(41)28(34(36)44)33(43)35(23,45)32(42)26(19)30(27)40/h9-14,19,23,29,39-40,43,45H,5-8,15-18H2,1-4H3,(H2,36,44)/t19?,23?,29-,35-/m0/s1. The highest BCUT2D eigenvalue weighted by atomic mass is 16.3. The second-order valence-corrected chi connectivity index (χ2v) is 12.7. The molecule has 0 saturated heterocycles. The molecular weight excluding hydrogens is 574 g/mol. The van der Waals surface area contributed by atoms with Gasteiger partial charge in [-0.05, 0) is 69.0 Å². The molecule has 3 aliphatic rings. The Morgan fingerprint density at radius 2 is 1.62 bits per heavy atom. The Labute approximate surface area is 263 Å². The van der Waals surface area contributed by atoms with Crippen molar-refractivity contribution in [1.82, 2.24) is 4.90 Å². The smallest absolute Gasteiger partial charge is 0.255 e. The maximum absolute atomic E-state index is 14.2. The van der Waals surface area contributed by atoms with Crippen LogP contribution in [0.15, 0.2) is 53.3 Å². The molecule has 0 radical (unpaired) electrons. The number of nitrogens with zero attached hydrogens (tertiary/aromatic N) is 2. The van der Waals surface area contributed by atoms with Crippen molar-refractivity contribution in [3.8, 4) is 16.9 Å². The average Bonchev–Trinajstić information content (AvgIpc) is 2.99. The van der Waals surface area contributed by atoms with Gasteiger partial charge in [0.25, 0.3) is 5.91 Å². The number of aliphatic hydroxyl groups is 3. The fourth-order valence-electron chi connectivity index (χ4n) is 7.52. The van der Waals surface area contributed by atoms with Crippen LogP contribution in [-0.2, 0) is 20.8 Å². The van der Waals surface area contributed by atoms with Crippen molar-refractivity contribution in [3.05, 3.63) is 64.4 Å². The summed E-state index contributed by atoms with van der Waals surface area (Å²) in [5.41, 5.74) is 5.29. The Bertz CT molecular complexity index is 1600. The first kappa shape index (κ1) is 32.2. The summed E-state index contributed by atoms with van der Waals surface area (Å²) in [5.74, 6) is -6.62. The van der Waals surface area contributed by atoms with Crippen LogP contribution in [-0.4, -0.2) is 81.6 Å². The number of carbonyl (C=O) groups is 3. The molecule has 3 aliphatic carbocycles. The van der Waals surface area contributed by atoms with Crippen molar-refractivity contribution in [2.45, 2.75) is 64.0 Å². The predicted octanol–water partition coefficient (Wildman–Crippen LogP) is 4.04. The Kier molecular flexibility index (Phi) is 8.83. The molecule has 0 aliphatic heterocycles. The third kappa shape index (κ3) is 5.10. The lowest BCUT2D eigenvalue weighted by atomic mass is 9.57. The highest BCUT2D eigenvalue weighted by Crippen LogP contribution is 2.54. The molecule has 0 heterocycles. The lowest BCUT2D eigenvalue weighted by Gasteiger charge is -2.50. The number of amides is 1. The number of hydrogen-bond acceptors (Lipinski definition) is 9. The SMILES string of the molecule is CCCCN(CCCC)c1ccccc1-c1ccc(O)c2c1CC1CC3[C@H](N(C)C)C(=O)C(C(N)=O)=C(O)[C@@]3(O)C(=O)C1=C2O. The number of rotatable bonds is 10. The quantitative estimate of drug-likeness (QED) is 0.248. The minimum atomic E-state index is -2.66. The number of benzene rings is 2. The molecule has 0 bridgehead atoms. The lowest BCUT2D eigenvalue weighted by molar-refractivity contribution is -0.153. The minimum Gasteiger partial charge on any atom is -0.508 e. The zero-order valence-electron chi connectivity index (χ0n) is 26.3. The van der Waals surface area contributed by atoms with Crippen molar-refractivity contribution in [3.63, 3.8) is 0 Å². The van der Waals surface area contributed by atoms with Crippen LogP contribution in [0.25, 0.3) is 16.9 Å². The highest BCUT2D eigenvalue weighted by Gasteiger charge is 2.64. The minimum absolute atomic E-state index is 0.0433. The van der Waals surface area contributed by atoms with Gasteiger partial charge >= 0.3 is 0 Å². The van der Waals surface area contributed by atoms with Crippen LogP contribution in [0.1, 0.15) is 57.1 Å². The second-order valence-electron chi connectivity index (χ2n) is 12.7. The van der Waals surface area contributed by atoms with Crippen molar-refractivity contribution < 1.29 is 34.8 Å². The third-order valence-corrected chi connectivity index (χ3v) is 9.70. The van der Waals surface area contributed by atoms with E-state index in [1.54, 1.807) is 14.1 Å². The number of primary amides is 1. The molecule has 0 spiro atoms. The van der Waals surface area contributed by atoms with Crippen LogP contribution in [0.2, 0.25) is 0 Å². The summed E-state index contributed by atoms with van der Waals surface area (Å²) in [7, 11) is 3.17. The average molecular weight is 618 g/mol. The number of nitrogens with two attached hydrogens (primary N) is 1. The molecule has 45 heavy (non-hydrogen) atoms. The van der Waals surface area contributed by atoms with E-state index in [0.717, 1.165) is 55.6 Å². The summed E-state index contributed by atoms with van der Waals surface area (Å²) < 4.78 is 0. The summed E-state index contributed by atoms with van der Waals surface area (Å²) in [6.07, 6.45) is 4.42. The third-order valence-electron chi connectivity index (χ3n) is 9.70. The number of unbranched alkanes of at least 4 members (excludes halogenated alkanes) is 2. The monoisotopic (exact) mass is 617 g/mol. The number of Topliss-reactive ketones (excluding diaryl/α,β-unsaturated/α-hetero) is 2. The molecule has 240 valence electrons. The molecule has 1 saturated carbocycles. The van der Waals surface area contributed by atoms with E-state index in [1.807, 2.05) is 24.3 Å². The normalized spacial score (nSPS) is 24.4. The van der Waals surface area contributed by atoms with E-state index in [2.05, 4.69) is 24.8 Å². The van der Waals surface area contributed by atoms with Gasteiger partial charge < -0.3 is 31.1 Å². The molecule has 0 aromatic heterocycles. The van der Waals surface area contributed by atoms with E-state index in [9.17, 15) is 34.8 Å². The van der Waals surface area contributed by atoms with Crippen LogP contribution in [0.5, 0.6) is 5.75 Å². The highest BCUT2D eigenvalue weighted by molar-refractivity contribution is 6.24. The van der Waals surface area contributed by atoms with Crippen molar-refractivity contribution in [2.75, 3.05) is 32.1 Å². The summed E-state index contributed by atoms with van der Waals surface area (Å²) in [4.78, 5) is 43.7. The number of anilines is 1. The summed E-state index contributed by atoms with van der Waals surface area (Å²) in [6, 6.07) is 10.2. The number of aliphatic hydroxyl groups excluding tert-OH is 2. The molecule has 2 aromatic rings. The summed E-state index contributed by atoms with van der Waals surface area (Å²) in [5, 5.41) is 45.7. The zero-order chi connectivity index (χ0) is 32.8. The van der Waals surface area contributed by atoms with Gasteiger partial charge in [0.1, 0.15) is 22.8 Å². The van der Waals surface area contributed by atoms with E-state index in [1.165, 1.54) is 11.0 Å². The number of likely N-dealkylation sites (N-methyl/N-ethyl adjacent to an activating group) is 1. The van der Waals surface area contributed by atoms with E-state index in [4.69, 9.17) is 5.73 Å². The number of phenols is 1. The van der Waals surface area contributed by atoms with Gasteiger partial charge in [-0.3, -0.25) is 19.3 Å². The number of ketones is 2. The molecule has 1 fully saturated rings. The van der Waals surface area contributed by atoms with E-state index >= 15 is 0 Å². The van der Waals surface area contributed by atoms with Gasteiger partial charge in [0.2, 0.25) is 5.78 Å². The largest absolute Gasteiger partial charge is 0.508 e. The van der Waals surface area contributed by atoms with E-state index < -0.39 is 58.0 Å². The number of para-hydroxylation sites is 1. The zero-order valence-corrected chi connectivity index (χ0v) is 26.3. The Hall–Kier alpha value is -4.15. The van der Waals surface area contributed by atoms with E-state index in [-0.39, 0.29) is 29.7 Å². The van der Waals surface area contributed by atoms with Gasteiger partial charge in [-0.1, -0.05) is 51.0 Å². The second kappa shape index (κ2) is 12.3. The molecule has 5 rings (SSSR count). The first-order valence-electron chi connectivity index (χ1n) is 15.7. The van der Waals surface area contributed by atoms with E-state index in [0.29, 0.717) is 5.56 Å². The number of aromatic hydroxyl groups is 1. The molecule has 10 heteroatoms. The molecule has 2 unspecified atom stereocenters. The number of carbonyl (C=O) groups excluding carboxylic acids is 3. The number of phenolic OH excluding ortho intramolecular Hbond substituents is 1. The molecule has 4 atom stereocenters. The Balaban J connectivity index is 1.69. The lowest BCUT2D eigenvalue weighted by Crippen LogP contribution is -2.65. The maximum Gasteiger partial charge on any atom is 0.255 e. The van der Waals surface area contributed by atoms with Gasteiger partial charge in [0, 0.05) is 35.8 Å². The maximum atomic E-state index is 14.2. The van der Waals surface area contributed by atoms with Crippen LogP contribution in [0.3, 0.4) is 0 Å². The molecular formula is C35H43N3O7. The number of hydrogen-bond donors (Lipinski definition) is 5. The summed E-state index contributed by atoms with van der Waals surface area (Å²) in [6.45, 7) is 6.07. The van der Waals surface area contributed by atoms with Crippen LogP contribution in [0.4, 0.5) is 5.69 Å². The van der Waals surface area contributed by atoms with Crippen molar-refractivity contribution in [2.24, 2.45) is 17.6 Å². The molecule has 6 N–H and O–H groups in total. The van der Waals surface area contributed by atoms with Gasteiger partial charge in [0.15, 0.2) is 11.4 Å².